The Hall–Kier alpha value is -5.48. The number of aryl methyl sites for hydroxylation is 2. The largest absolute Gasteiger partial charge is 0.309 e. The molecule has 0 fully saturated rings. The minimum absolute atomic E-state index is 0.884. The van der Waals surface area contributed by atoms with Crippen LogP contribution in [0.15, 0.2) is 133 Å². The molecule has 0 saturated heterocycles. The third kappa shape index (κ3) is 3.84. The summed E-state index contributed by atoms with van der Waals surface area (Å²) in [6, 6.07) is 47.3. The van der Waals surface area contributed by atoms with Crippen molar-refractivity contribution in [2.45, 2.75) is 13.8 Å². The summed E-state index contributed by atoms with van der Waals surface area (Å²) in [7, 11) is 0. The number of rotatable bonds is 4. The second-order valence-corrected chi connectivity index (χ2v) is 10.9. The van der Waals surface area contributed by atoms with Crippen molar-refractivity contribution >= 4 is 60.4 Å². The Kier molecular flexibility index (Phi) is 5.54. The lowest BCUT2D eigenvalue weighted by Crippen LogP contribution is -2.12. The van der Waals surface area contributed by atoms with E-state index in [0.717, 1.165) is 55.3 Å². The maximum absolute atomic E-state index is 5.00. The quantitative estimate of drug-likeness (QED) is 0.223. The molecule has 8 aromatic rings. The molecule has 0 atom stereocenters. The maximum atomic E-state index is 5.00. The van der Waals surface area contributed by atoms with Crippen molar-refractivity contribution < 1.29 is 0 Å². The third-order valence-electron chi connectivity index (χ3n) is 8.26. The lowest BCUT2D eigenvalue weighted by molar-refractivity contribution is 0.772. The number of aromatic nitrogens is 3. The molecule has 0 aliphatic carbocycles. The minimum Gasteiger partial charge on any atom is -0.309 e. The van der Waals surface area contributed by atoms with E-state index in [0.29, 0.717) is 0 Å². The Morgan fingerprint density at radius 2 is 1.12 bits per heavy atom. The normalized spacial score (nSPS) is 11.6. The van der Waals surface area contributed by atoms with E-state index in [2.05, 4.69) is 152 Å². The molecule has 0 radical (unpaired) electrons. The SMILES string of the molecule is Cc1ccc(N(c2ccc(C)c3ccccc23)c2ccc(-n3nc4ccc5ccccc5c4n3)c3ccccc23)cc1. The average molecular weight is 541 g/mol. The van der Waals surface area contributed by atoms with Crippen LogP contribution in [0.1, 0.15) is 11.1 Å². The van der Waals surface area contributed by atoms with Crippen molar-refractivity contribution in [2.75, 3.05) is 4.90 Å². The van der Waals surface area contributed by atoms with E-state index in [1.807, 2.05) is 0 Å². The van der Waals surface area contributed by atoms with Crippen LogP contribution in [0.5, 0.6) is 0 Å². The van der Waals surface area contributed by atoms with Crippen LogP contribution in [0.25, 0.3) is 49.0 Å². The molecule has 0 aliphatic rings. The zero-order valence-corrected chi connectivity index (χ0v) is 23.5. The predicted molar refractivity (Wildman–Crippen MR) is 176 cm³/mol. The van der Waals surface area contributed by atoms with Gasteiger partial charge in [0.1, 0.15) is 11.0 Å². The van der Waals surface area contributed by atoms with Gasteiger partial charge in [-0.15, -0.1) is 15.0 Å². The van der Waals surface area contributed by atoms with Crippen LogP contribution < -0.4 is 4.90 Å². The van der Waals surface area contributed by atoms with Gasteiger partial charge in [0, 0.05) is 27.2 Å². The first kappa shape index (κ1) is 24.3. The molecule has 1 aromatic heterocycles. The van der Waals surface area contributed by atoms with E-state index in [9.17, 15) is 0 Å². The van der Waals surface area contributed by atoms with Crippen molar-refractivity contribution in [3.05, 3.63) is 145 Å². The predicted octanol–water partition coefficient (Wildman–Crippen LogP) is 9.97. The molecule has 0 saturated carbocycles. The molecule has 0 aliphatic heterocycles. The summed E-state index contributed by atoms with van der Waals surface area (Å²) < 4.78 is 0. The van der Waals surface area contributed by atoms with E-state index in [-0.39, 0.29) is 0 Å². The fourth-order valence-electron chi connectivity index (χ4n) is 6.12. The molecule has 0 amide bonds. The van der Waals surface area contributed by atoms with E-state index < -0.39 is 0 Å². The lowest BCUT2D eigenvalue weighted by Gasteiger charge is -2.29. The van der Waals surface area contributed by atoms with Gasteiger partial charge in [-0.2, -0.15) is 0 Å². The van der Waals surface area contributed by atoms with Crippen LogP contribution in [0.4, 0.5) is 17.1 Å². The van der Waals surface area contributed by atoms with Crippen LogP contribution >= 0.6 is 0 Å². The van der Waals surface area contributed by atoms with Crippen molar-refractivity contribution in [3.63, 3.8) is 0 Å². The number of benzene rings is 7. The fourth-order valence-corrected chi connectivity index (χ4v) is 6.12. The second-order valence-electron chi connectivity index (χ2n) is 10.9. The first-order valence-electron chi connectivity index (χ1n) is 14.3. The average Bonchev–Trinajstić information content (AvgIpc) is 3.48. The molecule has 0 spiro atoms. The van der Waals surface area contributed by atoms with Gasteiger partial charge in [-0.25, -0.2) is 0 Å². The highest BCUT2D eigenvalue weighted by atomic mass is 15.5. The molecule has 4 heteroatoms. The molecule has 8 rings (SSSR count). The first-order valence-corrected chi connectivity index (χ1v) is 14.3. The highest BCUT2D eigenvalue weighted by Gasteiger charge is 2.20. The molecule has 200 valence electrons. The standard InChI is InChI=1S/C38H28N4/c1-25-15-19-28(20-16-25)41(35-22-17-26(2)29-10-5-6-12-31(29)35)36-23-24-37(33-14-8-7-13-32(33)36)42-39-34-21-18-27-9-3-4-11-30(27)38(34)40-42/h3-24H,1-2H3. The third-order valence-corrected chi connectivity index (χ3v) is 8.26. The van der Waals surface area contributed by atoms with Crippen LogP contribution in [0, 0.1) is 13.8 Å². The van der Waals surface area contributed by atoms with Crippen molar-refractivity contribution in [1.29, 1.82) is 0 Å². The van der Waals surface area contributed by atoms with Crippen molar-refractivity contribution in [3.8, 4) is 5.69 Å². The van der Waals surface area contributed by atoms with Gasteiger partial charge in [-0.1, -0.05) is 103 Å². The number of nitrogens with zero attached hydrogens (tertiary/aromatic N) is 4. The summed E-state index contributed by atoms with van der Waals surface area (Å²) >= 11 is 0. The monoisotopic (exact) mass is 540 g/mol. The number of hydrogen-bond donors (Lipinski definition) is 0. The van der Waals surface area contributed by atoms with Gasteiger partial charge in [0.25, 0.3) is 0 Å². The molecule has 4 nitrogen and oxygen atoms in total. The highest BCUT2D eigenvalue weighted by Crippen LogP contribution is 2.43. The summed E-state index contributed by atoms with van der Waals surface area (Å²) in [5.74, 6) is 0. The molecule has 7 aromatic carbocycles. The van der Waals surface area contributed by atoms with Gasteiger partial charge in [0.2, 0.25) is 0 Å². The maximum Gasteiger partial charge on any atom is 0.121 e. The van der Waals surface area contributed by atoms with E-state index in [1.54, 1.807) is 4.80 Å². The Labute approximate surface area is 244 Å². The van der Waals surface area contributed by atoms with Gasteiger partial charge in [-0.3, -0.25) is 0 Å². The van der Waals surface area contributed by atoms with E-state index >= 15 is 0 Å². The highest BCUT2D eigenvalue weighted by molar-refractivity contribution is 6.08. The van der Waals surface area contributed by atoms with Crippen molar-refractivity contribution in [1.82, 2.24) is 15.0 Å². The zero-order chi connectivity index (χ0) is 28.2. The minimum atomic E-state index is 0.884. The van der Waals surface area contributed by atoms with E-state index in [4.69, 9.17) is 10.2 Å². The smallest absolute Gasteiger partial charge is 0.121 e. The summed E-state index contributed by atoms with van der Waals surface area (Å²) in [6.45, 7) is 4.31. The molecule has 42 heavy (non-hydrogen) atoms. The number of hydrogen-bond acceptors (Lipinski definition) is 3. The van der Waals surface area contributed by atoms with Crippen LogP contribution in [0.3, 0.4) is 0 Å². The van der Waals surface area contributed by atoms with Crippen molar-refractivity contribution in [2.24, 2.45) is 0 Å². The summed E-state index contributed by atoms with van der Waals surface area (Å²) in [5.41, 5.74) is 8.61. The summed E-state index contributed by atoms with van der Waals surface area (Å²) in [4.78, 5) is 4.18. The Balaban J connectivity index is 1.38. The molecule has 0 N–H and O–H groups in total. The summed E-state index contributed by atoms with van der Waals surface area (Å²) in [6.07, 6.45) is 0. The van der Waals surface area contributed by atoms with Crippen LogP contribution in [0.2, 0.25) is 0 Å². The van der Waals surface area contributed by atoms with E-state index in [1.165, 1.54) is 21.9 Å². The van der Waals surface area contributed by atoms with Gasteiger partial charge in [0.15, 0.2) is 0 Å². The zero-order valence-electron chi connectivity index (χ0n) is 23.5. The lowest BCUT2D eigenvalue weighted by atomic mass is 10.0. The van der Waals surface area contributed by atoms with Crippen LogP contribution in [-0.2, 0) is 0 Å². The topological polar surface area (TPSA) is 34.0 Å². The first-order chi connectivity index (χ1) is 20.7. The Bertz CT molecular complexity index is 2280. The van der Waals surface area contributed by atoms with Gasteiger partial charge in [0.05, 0.1) is 17.1 Å². The van der Waals surface area contributed by atoms with Gasteiger partial charge >= 0.3 is 0 Å². The Morgan fingerprint density at radius 3 is 1.88 bits per heavy atom. The van der Waals surface area contributed by atoms with Crippen LogP contribution in [-0.4, -0.2) is 15.0 Å². The van der Waals surface area contributed by atoms with Gasteiger partial charge in [-0.05, 0) is 66.6 Å². The molecule has 1 heterocycles. The second kappa shape index (κ2) is 9.57. The fraction of sp³-hybridized carbons (Fsp3) is 0.0526. The molecule has 0 unspecified atom stereocenters. The number of fused-ring (bicyclic) bond motifs is 5. The number of anilines is 3. The summed E-state index contributed by atoms with van der Waals surface area (Å²) in [5, 5.41) is 16.9. The van der Waals surface area contributed by atoms with Gasteiger partial charge < -0.3 is 4.90 Å². The molecule has 0 bridgehead atoms. The molecular weight excluding hydrogens is 512 g/mol. The Morgan fingerprint density at radius 1 is 0.500 bits per heavy atom. The molecular formula is C38H28N4.